The molecule has 0 atom stereocenters. The van der Waals surface area contributed by atoms with E-state index in [-0.39, 0.29) is 5.91 Å². The van der Waals surface area contributed by atoms with E-state index in [2.05, 4.69) is 38.5 Å². The van der Waals surface area contributed by atoms with Crippen LogP contribution in [0.3, 0.4) is 0 Å². The predicted molar refractivity (Wildman–Crippen MR) is 105 cm³/mol. The predicted octanol–water partition coefficient (Wildman–Crippen LogP) is 4.78. The smallest absolute Gasteiger partial charge is 0.278 e. The van der Waals surface area contributed by atoms with Crippen LogP contribution in [0.15, 0.2) is 46.9 Å². The Morgan fingerprint density at radius 2 is 1.85 bits per heavy atom. The van der Waals surface area contributed by atoms with Crippen molar-refractivity contribution >= 4 is 27.5 Å². The monoisotopic (exact) mass is 410 g/mol. The fraction of sp³-hybridized carbons (Fsp3) is 0.250. The Morgan fingerprint density at radius 3 is 2.50 bits per heavy atom. The number of carbonyl (C=O) groups is 1. The number of rotatable bonds is 4. The van der Waals surface area contributed by atoms with Gasteiger partial charge in [0.25, 0.3) is 5.91 Å². The van der Waals surface area contributed by atoms with Crippen molar-refractivity contribution in [1.29, 1.82) is 0 Å². The van der Waals surface area contributed by atoms with Gasteiger partial charge in [-0.1, -0.05) is 27.2 Å². The van der Waals surface area contributed by atoms with Crippen LogP contribution in [0.25, 0.3) is 5.69 Å². The molecule has 0 radical (unpaired) electrons. The number of hydrogen-bond acceptors (Lipinski definition) is 3. The van der Waals surface area contributed by atoms with Gasteiger partial charge in [-0.3, -0.25) is 4.79 Å². The van der Waals surface area contributed by atoms with Crippen molar-refractivity contribution in [1.82, 2.24) is 15.0 Å². The first-order valence-electron chi connectivity index (χ1n) is 8.63. The lowest BCUT2D eigenvalue weighted by Crippen LogP contribution is -2.15. The Kier molecular flexibility index (Phi) is 4.36. The summed E-state index contributed by atoms with van der Waals surface area (Å²) in [4.78, 5) is 12.8. The van der Waals surface area contributed by atoms with E-state index in [0.29, 0.717) is 11.6 Å². The molecule has 6 heteroatoms. The quantitative estimate of drug-likeness (QED) is 0.673. The van der Waals surface area contributed by atoms with E-state index < -0.39 is 0 Å². The zero-order valence-electron chi connectivity index (χ0n) is 14.7. The van der Waals surface area contributed by atoms with Gasteiger partial charge in [0, 0.05) is 16.1 Å². The van der Waals surface area contributed by atoms with E-state index >= 15 is 0 Å². The first-order valence-corrected chi connectivity index (χ1v) is 9.42. The molecule has 0 aliphatic heterocycles. The molecular formula is C20H19BrN4O. The Labute approximate surface area is 160 Å². The highest BCUT2D eigenvalue weighted by Crippen LogP contribution is 2.42. The van der Waals surface area contributed by atoms with E-state index in [4.69, 9.17) is 0 Å². The van der Waals surface area contributed by atoms with Crippen LogP contribution < -0.4 is 5.32 Å². The van der Waals surface area contributed by atoms with Crippen LogP contribution in [-0.2, 0) is 0 Å². The van der Waals surface area contributed by atoms with Gasteiger partial charge in [0.05, 0.1) is 11.4 Å². The molecule has 1 amide bonds. The standard InChI is InChI=1S/C20H19BrN4O/c1-12-3-8-16(11-13(12)2)22-20(26)18-19(14-4-5-14)25(24-23-18)17-9-6-15(21)7-10-17/h3,6-11,14H,4-5H2,1-2H3,(H,22,26). The van der Waals surface area contributed by atoms with Gasteiger partial charge in [-0.25, -0.2) is 4.68 Å². The highest BCUT2D eigenvalue weighted by atomic mass is 79.9. The molecule has 0 spiro atoms. The fourth-order valence-corrected chi connectivity index (χ4v) is 3.22. The molecule has 0 saturated heterocycles. The second-order valence-corrected chi connectivity index (χ2v) is 7.65. The van der Waals surface area contributed by atoms with E-state index in [1.165, 1.54) is 5.56 Å². The van der Waals surface area contributed by atoms with Gasteiger partial charge in [-0.05, 0) is 74.2 Å². The highest BCUT2D eigenvalue weighted by Gasteiger charge is 2.34. The molecule has 1 fully saturated rings. The zero-order valence-corrected chi connectivity index (χ0v) is 16.2. The number of halogens is 1. The fourth-order valence-electron chi connectivity index (χ4n) is 2.96. The third-order valence-electron chi connectivity index (χ3n) is 4.72. The minimum Gasteiger partial charge on any atom is -0.321 e. The van der Waals surface area contributed by atoms with Crippen molar-refractivity contribution < 1.29 is 4.79 Å². The molecule has 5 nitrogen and oxygen atoms in total. The topological polar surface area (TPSA) is 59.8 Å². The molecule has 1 N–H and O–H groups in total. The molecule has 1 aromatic heterocycles. The van der Waals surface area contributed by atoms with Crippen LogP contribution in [0.5, 0.6) is 0 Å². The summed E-state index contributed by atoms with van der Waals surface area (Å²) in [7, 11) is 0. The third kappa shape index (κ3) is 3.29. The summed E-state index contributed by atoms with van der Waals surface area (Å²) in [6, 6.07) is 13.8. The van der Waals surface area contributed by atoms with Gasteiger partial charge >= 0.3 is 0 Å². The van der Waals surface area contributed by atoms with Crippen molar-refractivity contribution in [3.63, 3.8) is 0 Å². The number of aromatic nitrogens is 3. The van der Waals surface area contributed by atoms with Gasteiger partial charge < -0.3 is 5.32 Å². The normalized spacial score (nSPS) is 13.7. The molecule has 132 valence electrons. The van der Waals surface area contributed by atoms with Gasteiger partial charge in [0.1, 0.15) is 0 Å². The van der Waals surface area contributed by atoms with Gasteiger partial charge in [0.15, 0.2) is 5.69 Å². The summed E-state index contributed by atoms with van der Waals surface area (Å²) < 4.78 is 2.79. The SMILES string of the molecule is Cc1ccc(NC(=O)c2nnn(-c3ccc(Br)cc3)c2C2CC2)cc1C. The summed E-state index contributed by atoms with van der Waals surface area (Å²) in [5, 5.41) is 11.4. The number of anilines is 1. The molecule has 3 aromatic rings. The van der Waals surface area contributed by atoms with Crippen molar-refractivity contribution in [2.75, 3.05) is 5.32 Å². The lowest BCUT2D eigenvalue weighted by Gasteiger charge is -2.09. The number of nitrogens with one attached hydrogen (secondary N) is 1. The summed E-state index contributed by atoms with van der Waals surface area (Å²) >= 11 is 3.44. The van der Waals surface area contributed by atoms with Crippen LogP contribution in [-0.4, -0.2) is 20.9 Å². The van der Waals surface area contributed by atoms with E-state index in [1.807, 2.05) is 49.4 Å². The average Bonchev–Trinajstić information content (AvgIpc) is 3.37. The zero-order chi connectivity index (χ0) is 18.3. The van der Waals surface area contributed by atoms with Gasteiger partial charge in [-0.15, -0.1) is 5.10 Å². The summed E-state index contributed by atoms with van der Waals surface area (Å²) in [5.41, 5.74) is 5.33. The molecule has 1 aliphatic rings. The van der Waals surface area contributed by atoms with E-state index in [9.17, 15) is 4.79 Å². The lowest BCUT2D eigenvalue weighted by molar-refractivity contribution is 0.102. The minimum absolute atomic E-state index is 0.210. The van der Waals surface area contributed by atoms with Crippen LogP contribution in [0.4, 0.5) is 5.69 Å². The number of benzene rings is 2. The average molecular weight is 411 g/mol. The van der Waals surface area contributed by atoms with Crippen molar-refractivity contribution in [3.8, 4) is 5.69 Å². The number of carbonyl (C=O) groups excluding carboxylic acids is 1. The van der Waals surface area contributed by atoms with Gasteiger partial charge in [0.2, 0.25) is 0 Å². The molecule has 0 unspecified atom stereocenters. The second-order valence-electron chi connectivity index (χ2n) is 6.74. The molecule has 26 heavy (non-hydrogen) atoms. The largest absolute Gasteiger partial charge is 0.321 e. The van der Waals surface area contributed by atoms with Crippen LogP contribution >= 0.6 is 15.9 Å². The minimum atomic E-state index is -0.210. The third-order valence-corrected chi connectivity index (χ3v) is 5.25. The van der Waals surface area contributed by atoms with Gasteiger partial charge in [-0.2, -0.15) is 0 Å². The number of aryl methyl sites for hydroxylation is 2. The molecule has 4 rings (SSSR count). The lowest BCUT2D eigenvalue weighted by atomic mass is 10.1. The Hall–Kier alpha value is -2.47. The first-order chi connectivity index (χ1) is 12.5. The number of nitrogens with zero attached hydrogens (tertiary/aromatic N) is 3. The van der Waals surface area contributed by atoms with Crippen molar-refractivity contribution in [2.24, 2.45) is 0 Å². The molecule has 1 saturated carbocycles. The van der Waals surface area contributed by atoms with Crippen LogP contribution in [0.1, 0.15) is 46.1 Å². The van der Waals surface area contributed by atoms with Crippen molar-refractivity contribution in [3.05, 3.63) is 69.5 Å². The maximum absolute atomic E-state index is 12.8. The van der Waals surface area contributed by atoms with E-state index in [0.717, 1.165) is 39.9 Å². The Bertz CT molecular complexity index is 974. The maximum atomic E-state index is 12.8. The van der Waals surface area contributed by atoms with Crippen molar-refractivity contribution in [2.45, 2.75) is 32.6 Å². The Morgan fingerprint density at radius 1 is 1.12 bits per heavy atom. The first kappa shape index (κ1) is 17.0. The second kappa shape index (κ2) is 6.68. The van der Waals surface area contributed by atoms with Crippen LogP contribution in [0, 0.1) is 13.8 Å². The number of amides is 1. The Balaban J connectivity index is 1.67. The van der Waals surface area contributed by atoms with E-state index in [1.54, 1.807) is 4.68 Å². The summed E-state index contributed by atoms with van der Waals surface area (Å²) in [6.07, 6.45) is 2.13. The number of hydrogen-bond donors (Lipinski definition) is 1. The summed E-state index contributed by atoms with van der Waals surface area (Å²) in [5.74, 6) is 0.132. The molecular weight excluding hydrogens is 392 g/mol. The molecule has 1 heterocycles. The highest BCUT2D eigenvalue weighted by molar-refractivity contribution is 9.10. The van der Waals surface area contributed by atoms with Crippen LogP contribution in [0.2, 0.25) is 0 Å². The maximum Gasteiger partial charge on any atom is 0.278 e. The molecule has 0 bridgehead atoms. The molecule has 1 aliphatic carbocycles. The summed E-state index contributed by atoms with van der Waals surface area (Å²) in [6.45, 7) is 4.08. The molecule has 2 aromatic carbocycles.